The summed E-state index contributed by atoms with van der Waals surface area (Å²) in [5, 5.41) is 11.0. The van der Waals surface area contributed by atoms with Crippen LogP contribution in [0.2, 0.25) is 0 Å². The van der Waals surface area contributed by atoms with Crippen molar-refractivity contribution in [3.63, 3.8) is 0 Å². The highest BCUT2D eigenvalue weighted by Crippen LogP contribution is 2.43. The molecule has 4 nitrogen and oxygen atoms in total. The Morgan fingerprint density at radius 1 is 1.35 bits per heavy atom. The Morgan fingerprint density at radius 2 is 2.04 bits per heavy atom. The summed E-state index contributed by atoms with van der Waals surface area (Å²) in [6.07, 6.45) is 2.74. The number of nitrogens with zero attached hydrogens (tertiary/aromatic N) is 1. The molecule has 1 aromatic heterocycles. The number of benzene rings is 1. The molecular weight excluding hydrogens is 302 g/mol. The monoisotopic (exact) mass is 322 g/mol. The number of rotatable bonds is 4. The summed E-state index contributed by atoms with van der Waals surface area (Å²) >= 11 is 0. The molecule has 1 aliphatic carbocycles. The number of carbonyl (C=O) groups excluding carboxylic acids is 1. The number of aromatic nitrogens is 1. The van der Waals surface area contributed by atoms with E-state index in [4.69, 9.17) is 0 Å². The highest BCUT2D eigenvalue weighted by Gasteiger charge is 2.59. The SMILES string of the molecule is CN(Cc1cccc2[nH]ccc12)C(=O)C(F)(F)C1(O)CCCC1. The Bertz CT molecular complexity index is 720. The van der Waals surface area contributed by atoms with E-state index in [2.05, 4.69) is 4.98 Å². The van der Waals surface area contributed by atoms with Gasteiger partial charge in [0.2, 0.25) is 0 Å². The van der Waals surface area contributed by atoms with Crippen LogP contribution in [0.25, 0.3) is 10.9 Å². The Kier molecular flexibility index (Phi) is 3.88. The molecule has 3 rings (SSSR count). The van der Waals surface area contributed by atoms with Crippen LogP contribution in [0.1, 0.15) is 31.2 Å². The largest absolute Gasteiger partial charge is 0.383 e. The highest BCUT2D eigenvalue weighted by molar-refractivity contribution is 5.86. The maximum atomic E-state index is 14.5. The van der Waals surface area contributed by atoms with Crippen LogP contribution in [0.3, 0.4) is 0 Å². The van der Waals surface area contributed by atoms with Crippen LogP contribution in [0.4, 0.5) is 8.78 Å². The van der Waals surface area contributed by atoms with Gasteiger partial charge in [0, 0.05) is 30.7 Å². The van der Waals surface area contributed by atoms with Crippen molar-refractivity contribution >= 4 is 16.8 Å². The summed E-state index contributed by atoms with van der Waals surface area (Å²) in [6, 6.07) is 7.36. The fourth-order valence-electron chi connectivity index (χ4n) is 3.33. The second kappa shape index (κ2) is 5.60. The molecule has 1 aromatic carbocycles. The third-order valence-corrected chi connectivity index (χ3v) is 4.72. The molecule has 1 aliphatic rings. The van der Waals surface area contributed by atoms with Gasteiger partial charge in [-0.1, -0.05) is 25.0 Å². The van der Waals surface area contributed by atoms with Crippen LogP contribution in [0.5, 0.6) is 0 Å². The van der Waals surface area contributed by atoms with Gasteiger partial charge in [-0.15, -0.1) is 0 Å². The summed E-state index contributed by atoms with van der Waals surface area (Å²) in [5.74, 6) is -5.08. The number of halogens is 2. The van der Waals surface area contributed by atoms with E-state index < -0.39 is 17.4 Å². The molecule has 2 aromatic rings. The highest BCUT2D eigenvalue weighted by atomic mass is 19.3. The van der Waals surface area contributed by atoms with Crippen molar-refractivity contribution in [3.8, 4) is 0 Å². The lowest BCUT2D eigenvalue weighted by atomic mass is 9.92. The quantitative estimate of drug-likeness (QED) is 0.909. The molecule has 0 bridgehead atoms. The molecule has 0 aliphatic heterocycles. The molecule has 1 saturated carbocycles. The number of aromatic amines is 1. The number of hydrogen-bond acceptors (Lipinski definition) is 2. The molecule has 23 heavy (non-hydrogen) atoms. The van der Waals surface area contributed by atoms with Crippen LogP contribution in [0.15, 0.2) is 30.5 Å². The average molecular weight is 322 g/mol. The van der Waals surface area contributed by atoms with Gasteiger partial charge in [-0.3, -0.25) is 4.79 Å². The molecule has 0 saturated heterocycles. The first-order valence-electron chi connectivity index (χ1n) is 7.76. The number of carbonyl (C=O) groups is 1. The zero-order valence-corrected chi connectivity index (χ0v) is 13.0. The van der Waals surface area contributed by atoms with E-state index in [0.717, 1.165) is 21.4 Å². The Morgan fingerprint density at radius 3 is 2.74 bits per heavy atom. The lowest BCUT2D eigenvalue weighted by Crippen LogP contribution is -2.56. The molecule has 0 atom stereocenters. The molecule has 0 radical (unpaired) electrons. The van der Waals surface area contributed by atoms with Gasteiger partial charge in [0.15, 0.2) is 0 Å². The first-order valence-corrected chi connectivity index (χ1v) is 7.76. The summed E-state index contributed by atoms with van der Waals surface area (Å²) in [6.45, 7) is 0.0691. The molecule has 124 valence electrons. The summed E-state index contributed by atoms with van der Waals surface area (Å²) in [5.41, 5.74) is -0.531. The smallest absolute Gasteiger partial charge is 0.352 e. The Hall–Kier alpha value is -1.95. The molecule has 1 heterocycles. The maximum absolute atomic E-state index is 14.5. The van der Waals surface area contributed by atoms with Gasteiger partial charge < -0.3 is 15.0 Å². The average Bonchev–Trinajstić information content (AvgIpc) is 3.16. The van der Waals surface area contributed by atoms with Crippen molar-refractivity contribution in [3.05, 3.63) is 36.0 Å². The van der Waals surface area contributed by atoms with Crippen LogP contribution in [-0.4, -0.2) is 39.5 Å². The van der Waals surface area contributed by atoms with Crippen molar-refractivity contribution < 1.29 is 18.7 Å². The topological polar surface area (TPSA) is 56.3 Å². The van der Waals surface area contributed by atoms with E-state index in [0.29, 0.717) is 12.8 Å². The van der Waals surface area contributed by atoms with Crippen molar-refractivity contribution in [2.24, 2.45) is 0 Å². The van der Waals surface area contributed by atoms with E-state index in [1.165, 1.54) is 7.05 Å². The van der Waals surface area contributed by atoms with Crippen LogP contribution < -0.4 is 0 Å². The summed E-state index contributed by atoms with van der Waals surface area (Å²) in [7, 11) is 1.35. The normalized spacial score (nSPS) is 17.6. The minimum absolute atomic E-state index is 0.0347. The first kappa shape index (κ1) is 15.9. The summed E-state index contributed by atoms with van der Waals surface area (Å²) in [4.78, 5) is 16.3. The fraction of sp³-hybridized carbons (Fsp3) is 0.471. The first-order chi connectivity index (χ1) is 10.8. The standard InChI is InChI=1S/C17H20F2N2O2/c1-21(11-12-5-4-6-14-13(12)7-10-20-14)15(22)17(18,19)16(23)8-2-3-9-16/h4-7,10,20,23H,2-3,8-9,11H2,1H3. The number of hydrogen-bond donors (Lipinski definition) is 2. The number of H-pyrrole nitrogens is 1. The maximum Gasteiger partial charge on any atom is 0.352 e. The third-order valence-electron chi connectivity index (χ3n) is 4.72. The Balaban J connectivity index is 1.81. The van der Waals surface area contributed by atoms with Crippen molar-refractivity contribution in [2.75, 3.05) is 7.05 Å². The van der Waals surface area contributed by atoms with Crippen LogP contribution in [-0.2, 0) is 11.3 Å². The molecule has 6 heteroatoms. The van der Waals surface area contributed by atoms with Crippen LogP contribution in [0, 0.1) is 0 Å². The molecular formula is C17H20F2N2O2. The van der Waals surface area contributed by atoms with E-state index in [-0.39, 0.29) is 19.4 Å². The van der Waals surface area contributed by atoms with Gasteiger partial charge in [-0.2, -0.15) is 8.78 Å². The van der Waals surface area contributed by atoms with Crippen molar-refractivity contribution in [1.29, 1.82) is 0 Å². The second-order valence-corrected chi connectivity index (χ2v) is 6.33. The lowest BCUT2D eigenvalue weighted by Gasteiger charge is -2.33. The zero-order chi connectivity index (χ0) is 16.7. The van der Waals surface area contributed by atoms with E-state index in [9.17, 15) is 18.7 Å². The van der Waals surface area contributed by atoms with Crippen molar-refractivity contribution in [2.45, 2.75) is 43.8 Å². The molecule has 0 spiro atoms. The zero-order valence-electron chi connectivity index (χ0n) is 13.0. The van der Waals surface area contributed by atoms with E-state index in [1.807, 2.05) is 24.3 Å². The predicted molar refractivity (Wildman–Crippen MR) is 83.1 cm³/mol. The van der Waals surface area contributed by atoms with Gasteiger partial charge in [0.25, 0.3) is 5.91 Å². The molecule has 1 fully saturated rings. The predicted octanol–water partition coefficient (Wildman–Crippen LogP) is 3.07. The minimum Gasteiger partial charge on any atom is -0.383 e. The van der Waals surface area contributed by atoms with Crippen LogP contribution >= 0.6 is 0 Å². The second-order valence-electron chi connectivity index (χ2n) is 6.33. The van der Waals surface area contributed by atoms with Gasteiger partial charge in [-0.05, 0) is 30.5 Å². The number of nitrogens with one attached hydrogen (secondary N) is 1. The fourth-order valence-corrected chi connectivity index (χ4v) is 3.33. The molecule has 1 amide bonds. The number of amides is 1. The number of aliphatic hydroxyl groups is 1. The van der Waals surface area contributed by atoms with Crippen molar-refractivity contribution in [1.82, 2.24) is 9.88 Å². The van der Waals surface area contributed by atoms with E-state index in [1.54, 1.807) is 6.20 Å². The van der Waals surface area contributed by atoms with E-state index >= 15 is 0 Å². The lowest BCUT2D eigenvalue weighted by molar-refractivity contribution is -0.199. The third kappa shape index (κ3) is 2.61. The Labute approximate surface area is 133 Å². The number of fused-ring (bicyclic) bond motifs is 1. The minimum atomic E-state index is -3.76. The van der Waals surface area contributed by atoms with Gasteiger partial charge in [0.1, 0.15) is 5.60 Å². The van der Waals surface area contributed by atoms with Gasteiger partial charge in [-0.25, -0.2) is 0 Å². The number of alkyl halides is 2. The van der Waals surface area contributed by atoms with Gasteiger partial charge >= 0.3 is 5.92 Å². The molecule has 2 N–H and O–H groups in total. The van der Waals surface area contributed by atoms with Gasteiger partial charge in [0.05, 0.1) is 0 Å². The molecule has 0 unspecified atom stereocenters. The summed E-state index contributed by atoms with van der Waals surface area (Å²) < 4.78 is 28.9.